The number of hydrogen-bond acceptors (Lipinski definition) is 7. The number of imide groups is 1. The lowest BCUT2D eigenvalue weighted by Crippen LogP contribution is -2.64. The predicted molar refractivity (Wildman–Crippen MR) is 189 cm³/mol. The molecule has 0 aromatic carbocycles. The predicted octanol–water partition coefficient (Wildman–Crippen LogP) is 7.67. The van der Waals surface area contributed by atoms with Gasteiger partial charge in [-0.2, -0.15) is 0 Å². The van der Waals surface area contributed by atoms with Crippen LogP contribution in [0.1, 0.15) is 119 Å². The van der Waals surface area contributed by atoms with Crippen LogP contribution in [0.3, 0.4) is 0 Å². The average molecular weight is 687 g/mol. The zero-order valence-corrected chi connectivity index (χ0v) is 31.6. The second kappa shape index (κ2) is 10.9. The first-order valence-electron chi connectivity index (χ1n) is 19.5. The molecule has 0 N–H and O–H groups in total. The van der Waals surface area contributed by atoms with Gasteiger partial charge in [0.1, 0.15) is 6.54 Å². The molecule has 8 nitrogen and oxygen atoms in total. The zero-order chi connectivity index (χ0) is 35.8. The number of hydrogen-bond donors (Lipinski definition) is 0. The van der Waals surface area contributed by atoms with Crippen LogP contribution < -0.4 is 0 Å². The van der Waals surface area contributed by atoms with Gasteiger partial charge in [-0.05, 0) is 122 Å². The Morgan fingerprint density at radius 1 is 0.880 bits per heavy atom. The molecule has 0 spiro atoms. The molecular weight excluding hydrogens is 628 g/mol. The molecule has 272 valence electrons. The Hall–Kier alpha value is -2.77. The van der Waals surface area contributed by atoms with E-state index in [1.807, 2.05) is 0 Å². The smallest absolute Gasteiger partial charge is 0.354 e. The van der Waals surface area contributed by atoms with Crippen LogP contribution in [-0.2, 0) is 28.8 Å². The maximum Gasteiger partial charge on any atom is 0.354 e. The summed E-state index contributed by atoms with van der Waals surface area (Å²) in [7, 11) is 1.57. The van der Waals surface area contributed by atoms with Crippen molar-refractivity contribution in [2.24, 2.45) is 79.1 Å². The summed E-state index contributed by atoms with van der Waals surface area (Å²) >= 11 is 0. The van der Waals surface area contributed by atoms with Crippen molar-refractivity contribution in [1.29, 1.82) is 0 Å². The van der Waals surface area contributed by atoms with Crippen molar-refractivity contribution in [3.63, 3.8) is 0 Å². The highest BCUT2D eigenvalue weighted by atomic mass is 16.7. The molecule has 8 heteroatoms. The van der Waals surface area contributed by atoms with Gasteiger partial charge in [-0.3, -0.25) is 19.3 Å². The van der Waals surface area contributed by atoms with Gasteiger partial charge in [0.15, 0.2) is 0 Å². The highest BCUT2D eigenvalue weighted by molar-refractivity contribution is 6.08. The molecule has 5 saturated carbocycles. The Kier molecular flexibility index (Phi) is 7.47. The summed E-state index contributed by atoms with van der Waals surface area (Å²) in [5.74, 6) is -0.466. The van der Waals surface area contributed by atoms with E-state index in [2.05, 4.69) is 71.8 Å². The van der Waals surface area contributed by atoms with E-state index in [4.69, 9.17) is 9.57 Å². The van der Waals surface area contributed by atoms with Gasteiger partial charge < -0.3 is 9.57 Å². The van der Waals surface area contributed by atoms with E-state index in [0.29, 0.717) is 11.8 Å². The Morgan fingerprint density at radius 3 is 2.20 bits per heavy atom. The lowest BCUT2D eigenvalue weighted by atomic mass is 9.33. The monoisotopic (exact) mass is 686 g/mol. The lowest BCUT2D eigenvalue weighted by Gasteiger charge is -2.70. The van der Waals surface area contributed by atoms with Crippen molar-refractivity contribution < 1.29 is 28.8 Å². The first kappa shape index (κ1) is 34.3. The molecule has 8 rings (SSSR count). The van der Waals surface area contributed by atoms with Gasteiger partial charge >= 0.3 is 11.9 Å². The van der Waals surface area contributed by atoms with E-state index >= 15 is 0 Å². The molecule has 11 atom stereocenters. The summed E-state index contributed by atoms with van der Waals surface area (Å²) in [6, 6.07) is 0. The van der Waals surface area contributed by atoms with E-state index in [1.54, 1.807) is 7.11 Å². The van der Waals surface area contributed by atoms with Gasteiger partial charge in [-0.1, -0.05) is 77.4 Å². The molecule has 2 bridgehead atoms. The summed E-state index contributed by atoms with van der Waals surface area (Å²) < 4.78 is 5.54. The maximum atomic E-state index is 13.6. The van der Waals surface area contributed by atoms with Gasteiger partial charge in [0.25, 0.3) is 0 Å². The van der Waals surface area contributed by atoms with Crippen molar-refractivity contribution in [3.8, 4) is 0 Å². The Bertz CT molecular complexity index is 1610. The number of carbonyl (C=O) groups is 4. The first-order chi connectivity index (χ1) is 23.4. The summed E-state index contributed by atoms with van der Waals surface area (Å²) in [4.78, 5) is 59.6. The molecule has 6 fully saturated rings. The standard InChI is InChI=1S/C42H58N2O6/c1-37(2)17-19-42(36(48)49-8)20-18-40(6)26(27(42)22-37)11-12-29-39(5)15-14-30(38(3,4)28(39)13-16-41(29,40)7)43-50-31(45)23-44-34(46)32-24-9-10-25(21-24)33(32)35(44)47/h9-11,24-25,27-29,32-33H,12-23H2,1-8H3/b43-30-/t24-,25-,27+,28-,29+,32-,33+,39-,40+,41+,42-/m0/s1. The summed E-state index contributed by atoms with van der Waals surface area (Å²) in [5, 5.41) is 4.51. The third-order valence-electron chi connectivity index (χ3n) is 17.1. The number of allylic oxidation sites excluding steroid dienone is 4. The molecular formula is C42H58N2O6. The molecule has 8 aliphatic rings. The summed E-state index contributed by atoms with van der Waals surface area (Å²) in [6.07, 6.45) is 17.4. The molecule has 0 aromatic rings. The third kappa shape index (κ3) is 4.37. The Labute approximate surface area is 298 Å². The van der Waals surface area contributed by atoms with Crippen molar-refractivity contribution in [3.05, 3.63) is 23.8 Å². The highest BCUT2D eigenvalue weighted by Crippen LogP contribution is 2.75. The van der Waals surface area contributed by atoms with Gasteiger partial charge in [0.2, 0.25) is 11.8 Å². The number of amides is 2. The van der Waals surface area contributed by atoms with E-state index in [9.17, 15) is 19.2 Å². The second-order valence-corrected chi connectivity index (χ2v) is 19.8. The number of oxime groups is 1. The lowest BCUT2D eigenvalue weighted by molar-refractivity contribution is -0.181. The molecule has 1 heterocycles. The van der Waals surface area contributed by atoms with Crippen LogP contribution in [0.25, 0.3) is 0 Å². The Balaban J connectivity index is 1.01. The number of carbonyl (C=O) groups excluding carboxylic acids is 4. The second-order valence-electron chi connectivity index (χ2n) is 19.8. The Morgan fingerprint density at radius 2 is 1.54 bits per heavy atom. The minimum Gasteiger partial charge on any atom is -0.469 e. The first-order valence-corrected chi connectivity index (χ1v) is 19.5. The van der Waals surface area contributed by atoms with Crippen molar-refractivity contribution >= 4 is 29.5 Å². The van der Waals surface area contributed by atoms with Crippen LogP contribution in [0.15, 0.2) is 29.0 Å². The van der Waals surface area contributed by atoms with Crippen LogP contribution in [0.4, 0.5) is 0 Å². The minimum absolute atomic E-state index is 0.00386. The zero-order valence-electron chi connectivity index (χ0n) is 31.6. The fourth-order valence-corrected chi connectivity index (χ4v) is 14.2. The maximum absolute atomic E-state index is 13.6. The van der Waals surface area contributed by atoms with Crippen molar-refractivity contribution in [1.82, 2.24) is 4.90 Å². The molecule has 0 unspecified atom stereocenters. The molecule has 2 amide bonds. The van der Waals surface area contributed by atoms with Gasteiger partial charge in [-0.25, -0.2) is 4.79 Å². The van der Waals surface area contributed by atoms with Gasteiger partial charge in [-0.15, -0.1) is 0 Å². The van der Waals surface area contributed by atoms with Crippen LogP contribution in [-0.4, -0.2) is 48.0 Å². The third-order valence-corrected chi connectivity index (χ3v) is 17.1. The van der Waals surface area contributed by atoms with E-state index < -0.39 is 11.4 Å². The number of ether oxygens (including phenoxy) is 1. The summed E-state index contributed by atoms with van der Waals surface area (Å²) in [5.41, 5.74) is 2.16. The number of rotatable bonds is 4. The van der Waals surface area contributed by atoms with Gasteiger partial charge in [0, 0.05) is 5.41 Å². The molecule has 0 aromatic heterocycles. The number of fused-ring (bicyclic) bond motifs is 12. The van der Waals surface area contributed by atoms with Crippen LogP contribution in [0.5, 0.6) is 0 Å². The largest absolute Gasteiger partial charge is 0.469 e. The van der Waals surface area contributed by atoms with Crippen LogP contribution in [0.2, 0.25) is 0 Å². The SMILES string of the molecule is COC(=O)[C@]12CCC(C)(C)C[C@@H]1C1=CC[C@@H]3[C@@]4(C)CC/C(=N/OC(=O)CN5C(=O)[C@@H]6[C@H](C5=O)[C@H]5C=C[C@H]6C5)C(C)(C)[C@@H]4CC[C@@]3(C)[C@]1(C)CC2. The summed E-state index contributed by atoms with van der Waals surface area (Å²) in [6.45, 7) is 16.5. The van der Waals surface area contributed by atoms with E-state index in [0.717, 1.165) is 81.2 Å². The number of methoxy groups -OCH3 is 1. The number of esters is 1. The fraction of sp³-hybridized carbons (Fsp3) is 0.786. The molecule has 0 radical (unpaired) electrons. The minimum atomic E-state index is -0.649. The van der Waals surface area contributed by atoms with E-state index in [1.165, 1.54) is 5.57 Å². The van der Waals surface area contributed by atoms with Gasteiger partial charge in [0.05, 0.1) is 30.1 Å². The highest BCUT2D eigenvalue weighted by Gasteiger charge is 2.69. The van der Waals surface area contributed by atoms with Crippen molar-refractivity contribution in [2.45, 2.75) is 119 Å². The average Bonchev–Trinajstić information content (AvgIpc) is 3.74. The van der Waals surface area contributed by atoms with Crippen molar-refractivity contribution in [2.75, 3.05) is 13.7 Å². The molecule has 1 saturated heterocycles. The number of nitrogens with zero attached hydrogens (tertiary/aromatic N) is 2. The van der Waals surface area contributed by atoms with E-state index in [-0.39, 0.29) is 81.0 Å². The van der Waals surface area contributed by atoms with Crippen LogP contribution in [0, 0.1) is 73.9 Å². The molecule has 7 aliphatic carbocycles. The molecule has 1 aliphatic heterocycles. The molecule has 50 heavy (non-hydrogen) atoms. The normalized spacial score (nSPS) is 47.1. The van der Waals surface area contributed by atoms with Crippen LogP contribution >= 0.6 is 0 Å². The topological polar surface area (TPSA) is 102 Å². The fourth-order valence-electron chi connectivity index (χ4n) is 14.2. The quantitative estimate of drug-likeness (QED) is 0.0989. The number of likely N-dealkylation sites (tertiary alicyclic amines) is 1.